The molecule has 0 saturated carbocycles. The fourth-order valence-electron chi connectivity index (χ4n) is 2.23. The predicted molar refractivity (Wildman–Crippen MR) is 101 cm³/mol. The van der Waals surface area contributed by atoms with Crippen molar-refractivity contribution in [1.29, 1.82) is 0 Å². The molecule has 2 aromatic carbocycles. The average molecular weight is 487 g/mol. The number of hydrogen-bond donors (Lipinski definition) is 1. The number of halogens is 3. The second kappa shape index (κ2) is 7.31. The minimum absolute atomic E-state index is 0.0570. The van der Waals surface area contributed by atoms with Gasteiger partial charge in [-0.2, -0.15) is 0 Å². The highest BCUT2D eigenvalue weighted by Crippen LogP contribution is 2.37. The third-order valence-electron chi connectivity index (χ3n) is 3.46. The molecule has 4 nitrogen and oxygen atoms in total. The molecule has 1 aliphatic heterocycles. The van der Waals surface area contributed by atoms with Crippen molar-refractivity contribution in [2.45, 2.75) is 6.54 Å². The van der Waals surface area contributed by atoms with Crippen molar-refractivity contribution in [1.82, 2.24) is 4.90 Å². The molecule has 0 bridgehead atoms. The molecular weight excluding hydrogens is 477 g/mol. The van der Waals surface area contributed by atoms with Gasteiger partial charge in [0.25, 0.3) is 11.1 Å². The minimum Gasteiger partial charge on any atom is -0.506 e. The molecule has 0 spiro atoms. The van der Waals surface area contributed by atoms with E-state index in [4.69, 9.17) is 0 Å². The smallest absolute Gasteiger partial charge is 0.293 e. The highest BCUT2D eigenvalue weighted by Gasteiger charge is 2.35. The molecule has 8 heteroatoms. The Hall–Kier alpha value is -1.64. The second-order valence-corrected chi connectivity index (χ2v) is 7.93. The maximum atomic E-state index is 13.0. The molecule has 3 rings (SSSR count). The van der Waals surface area contributed by atoms with Gasteiger partial charge >= 0.3 is 0 Å². The van der Waals surface area contributed by atoms with Crippen molar-refractivity contribution in [3.05, 3.63) is 67.2 Å². The van der Waals surface area contributed by atoms with Crippen LogP contribution in [0.3, 0.4) is 0 Å². The molecular formula is C17H10Br2FNO3S. The van der Waals surface area contributed by atoms with Gasteiger partial charge in [0.1, 0.15) is 11.6 Å². The van der Waals surface area contributed by atoms with Gasteiger partial charge in [-0.1, -0.05) is 12.1 Å². The highest BCUT2D eigenvalue weighted by molar-refractivity contribution is 9.11. The molecule has 0 radical (unpaired) electrons. The summed E-state index contributed by atoms with van der Waals surface area (Å²) in [7, 11) is 0. The third-order valence-corrected chi connectivity index (χ3v) is 5.58. The molecule has 0 unspecified atom stereocenters. The van der Waals surface area contributed by atoms with E-state index >= 15 is 0 Å². The Bertz CT molecular complexity index is 876. The highest BCUT2D eigenvalue weighted by atomic mass is 79.9. The molecule has 1 saturated heterocycles. The van der Waals surface area contributed by atoms with Gasteiger partial charge in [0.05, 0.1) is 20.4 Å². The van der Waals surface area contributed by atoms with Gasteiger partial charge in [0.2, 0.25) is 0 Å². The molecule has 1 fully saturated rings. The fraction of sp³-hybridized carbons (Fsp3) is 0.0588. The first-order chi connectivity index (χ1) is 11.8. The molecule has 1 heterocycles. The lowest BCUT2D eigenvalue weighted by molar-refractivity contribution is -0.123. The summed E-state index contributed by atoms with van der Waals surface area (Å²) in [4.78, 5) is 26.0. The normalized spacial score (nSPS) is 16.1. The summed E-state index contributed by atoms with van der Waals surface area (Å²) in [5, 5.41) is 9.36. The monoisotopic (exact) mass is 485 g/mol. The number of phenolic OH excluding ortho intramolecular Hbond substituents is 1. The number of amides is 2. The molecule has 0 aliphatic carbocycles. The van der Waals surface area contributed by atoms with Crippen molar-refractivity contribution in [2.75, 3.05) is 0 Å². The first-order valence-corrected chi connectivity index (χ1v) is 9.43. The number of phenols is 1. The number of hydrogen-bond acceptors (Lipinski definition) is 4. The standard InChI is InChI=1S/C17H10Br2FNO3S/c18-12-5-10(6-13(19)15(12)22)7-14-16(23)21(17(24)25-14)8-9-1-3-11(20)4-2-9/h1-7,22H,8H2/b14-7-. The Kier molecular flexibility index (Phi) is 5.31. The van der Waals surface area contributed by atoms with Crippen LogP contribution >= 0.6 is 43.6 Å². The maximum absolute atomic E-state index is 13.0. The van der Waals surface area contributed by atoms with E-state index < -0.39 is 5.91 Å². The number of nitrogens with zero attached hydrogens (tertiary/aromatic N) is 1. The Morgan fingerprint density at radius 1 is 1.12 bits per heavy atom. The van der Waals surface area contributed by atoms with Crippen molar-refractivity contribution in [2.24, 2.45) is 0 Å². The summed E-state index contributed by atoms with van der Waals surface area (Å²) >= 11 is 7.30. The van der Waals surface area contributed by atoms with Crippen LogP contribution in [0.2, 0.25) is 0 Å². The molecule has 128 valence electrons. The van der Waals surface area contributed by atoms with Crippen LogP contribution in [-0.4, -0.2) is 21.2 Å². The molecule has 25 heavy (non-hydrogen) atoms. The van der Waals surface area contributed by atoms with Crippen LogP contribution in [0, 0.1) is 5.82 Å². The summed E-state index contributed by atoms with van der Waals surface area (Å²) in [6, 6.07) is 8.94. The Labute approximate surface area is 164 Å². The van der Waals surface area contributed by atoms with E-state index in [1.807, 2.05) is 0 Å². The number of carbonyl (C=O) groups is 2. The van der Waals surface area contributed by atoms with Gasteiger partial charge < -0.3 is 5.11 Å². The Morgan fingerprint density at radius 3 is 2.32 bits per heavy atom. The van der Waals surface area contributed by atoms with Gasteiger partial charge in [-0.05, 0) is 85.1 Å². The van der Waals surface area contributed by atoms with Crippen LogP contribution in [0.1, 0.15) is 11.1 Å². The van der Waals surface area contributed by atoms with E-state index in [1.54, 1.807) is 18.2 Å². The van der Waals surface area contributed by atoms with Gasteiger partial charge in [0, 0.05) is 0 Å². The van der Waals surface area contributed by atoms with Crippen molar-refractivity contribution in [3.63, 3.8) is 0 Å². The minimum atomic E-state index is -0.403. The van der Waals surface area contributed by atoms with Crippen LogP contribution in [0.15, 0.2) is 50.2 Å². The van der Waals surface area contributed by atoms with Gasteiger partial charge in [-0.25, -0.2) is 4.39 Å². The largest absolute Gasteiger partial charge is 0.506 e. The summed E-state index contributed by atoms with van der Waals surface area (Å²) in [5.74, 6) is -0.720. The number of benzene rings is 2. The Balaban J connectivity index is 1.84. The zero-order valence-electron chi connectivity index (χ0n) is 12.5. The van der Waals surface area contributed by atoms with E-state index in [0.29, 0.717) is 20.1 Å². The number of carbonyl (C=O) groups excluding carboxylic acids is 2. The first-order valence-electron chi connectivity index (χ1n) is 7.03. The van der Waals surface area contributed by atoms with Crippen LogP contribution in [0.4, 0.5) is 9.18 Å². The second-order valence-electron chi connectivity index (χ2n) is 5.23. The molecule has 0 atom stereocenters. The van der Waals surface area contributed by atoms with Crippen molar-refractivity contribution < 1.29 is 19.1 Å². The molecule has 2 aromatic rings. The lowest BCUT2D eigenvalue weighted by Crippen LogP contribution is -2.27. The molecule has 0 aromatic heterocycles. The summed E-state index contributed by atoms with van der Waals surface area (Å²) < 4.78 is 13.9. The summed E-state index contributed by atoms with van der Waals surface area (Å²) in [5.41, 5.74) is 1.32. The lowest BCUT2D eigenvalue weighted by Gasteiger charge is -2.12. The molecule has 1 aliphatic rings. The van der Waals surface area contributed by atoms with Gasteiger partial charge in [0.15, 0.2) is 0 Å². The topological polar surface area (TPSA) is 57.6 Å². The van der Waals surface area contributed by atoms with Gasteiger partial charge in [-0.3, -0.25) is 14.5 Å². The number of imide groups is 1. The van der Waals surface area contributed by atoms with E-state index in [2.05, 4.69) is 31.9 Å². The van der Waals surface area contributed by atoms with E-state index in [1.165, 1.54) is 24.3 Å². The van der Waals surface area contributed by atoms with Gasteiger partial charge in [-0.15, -0.1) is 0 Å². The lowest BCUT2D eigenvalue weighted by atomic mass is 10.2. The van der Waals surface area contributed by atoms with Crippen LogP contribution in [0.25, 0.3) is 6.08 Å². The SMILES string of the molecule is O=C1S/C(=C\c2cc(Br)c(O)c(Br)c2)C(=O)N1Cc1ccc(F)cc1. The zero-order chi connectivity index (χ0) is 18.1. The van der Waals surface area contributed by atoms with Crippen molar-refractivity contribution >= 4 is 60.8 Å². The summed E-state index contributed by atoms with van der Waals surface area (Å²) in [6.07, 6.45) is 1.59. The number of thioether (sulfide) groups is 1. The molecule has 1 N–H and O–H groups in total. The van der Waals surface area contributed by atoms with Crippen LogP contribution in [-0.2, 0) is 11.3 Å². The quantitative estimate of drug-likeness (QED) is 0.598. The zero-order valence-corrected chi connectivity index (χ0v) is 16.5. The maximum Gasteiger partial charge on any atom is 0.293 e. The predicted octanol–water partition coefficient (Wildman–Crippen LogP) is 5.29. The van der Waals surface area contributed by atoms with Crippen LogP contribution < -0.4 is 0 Å². The average Bonchev–Trinajstić information content (AvgIpc) is 2.82. The number of aromatic hydroxyl groups is 1. The third kappa shape index (κ3) is 3.96. The van der Waals surface area contributed by atoms with Crippen LogP contribution in [0.5, 0.6) is 5.75 Å². The first kappa shape index (κ1) is 18.2. The Morgan fingerprint density at radius 2 is 1.72 bits per heavy atom. The number of rotatable bonds is 3. The van der Waals surface area contributed by atoms with E-state index in [9.17, 15) is 19.1 Å². The van der Waals surface area contributed by atoms with E-state index in [-0.39, 0.29) is 28.3 Å². The van der Waals surface area contributed by atoms with E-state index in [0.717, 1.165) is 16.7 Å². The fourth-order valence-corrected chi connectivity index (χ4v) is 4.29. The summed E-state index contributed by atoms with van der Waals surface area (Å²) in [6.45, 7) is 0.0885. The van der Waals surface area contributed by atoms with Crippen molar-refractivity contribution in [3.8, 4) is 5.75 Å². The molecule has 2 amide bonds.